The van der Waals surface area contributed by atoms with E-state index in [-0.39, 0.29) is 11.6 Å². The van der Waals surface area contributed by atoms with Crippen LogP contribution in [0.15, 0.2) is 18.2 Å². The van der Waals surface area contributed by atoms with Crippen LogP contribution in [0, 0.1) is 0 Å². The molecule has 1 amide bonds. The second-order valence-corrected chi connectivity index (χ2v) is 5.46. The molecule has 0 saturated carbocycles. The zero-order valence-corrected chi connectivity index (χ0v) is 11.9. The summed E-state index contributed by atoms with van der Waals surface area (Å²) in [6.07, 6.45) is -4.60. The molecular formula is C13H14ClF3N2O2. The third-order valence-corrected chi connectivity index (χ3v) is 3.45. The molecule has 1 aliphatic rings. The average molecular weight is 323 g/mol. The van der Waals surface area contributed by atoms with Gasteiger partial charge in [-0.15, -0.1) is 0 Å². The highest BCUT2D eigenvalue weighted by atomic mass is 35.5. The number of halogens is 4. The molecule has 0 unspecified atom stereocenters. The number of carbonyl (C=O) groups excluding carboxylic acids is 1. The quantitative estimate of drug-likeness (QED) is 0.896. The monoisotopic (exact) mass is 322 g/mol. The molecule has 21 heavy (non-hydrogen) atoms. The smallest absolute Gasteiger partial charge is 0.363 e. The lowest BCUT2D eigenvalue weighted by molar-refractivity contribution is -0.137. The summed E-state index contributed by atoms with van der Waals surface area (Å²) in [5.41, 5.74) is -1.89. The van der Waals surface area contributed by atoms with Crippen LogP contribution in [0.4, 0.5) is 18.9 Å². The second kappa shape index (κ2) is 5.82. The Morgan fingerprint density at radius 2 is 2.14 bits per heavy atom. The van der Waals surface area contributed by atoms with Gasteiger partial charge < -0.3 is 15.4 Å². The predicted molar refractivity (Wildman–Crippen MR) is 72.3 cm³/mol. The number of alkyl halides is 3. The van der Waals surface area contributed by atoms with E-state index in [1.54, 1.807) is 0 Å². The zero-order chi connectivity index (χ0) is 15.7. The molecule has 1 aromatic rings. The Hall–Kier alpha value is -1.31. The van der Waals surface area contributed by atoms with Gasteiger partial charge in [0.1, 0.15) is 6.61 Å². The Morgan fingerprint density at radius 3 is 2.67 bits per heavy atom. The van der Waals surface area contributed by atoms with Gasteiger partial charge in [-0.2, -0.15) is 13.2 Å². The first-order valence-corrected chi connectivity index (χ1v) is 6.59. The number of carbonyl (C=O) groups is 1. The van der Waals surface area contributed by atoms with Crippen LogP contribution in [0.2, 0.25) is 5.02 Å². The van der Waals surface area contributed by atoms with Crippen molar-refractivity contribution in [2.24, 2.45) is 0 Å². The lowest BCUT2D eigenvalue weighted by atomic mass is 10.0. The molecule has 8 heteroatoms. The van der Waals surface area contributed by atoms with Crippen LogP contribution in [0.1, 0.15) is 12.5 Å². The molecule has 0 spiro atoms. The average Bonchev–Trinajstić information content (AvgIpc) is 2.35. The third-order valence-electron chi connectivity index (χ3n) is 3.13. The van der Waals surface area contributed by atoms with E-state index < -0.39 is 28.9 Å². The number of benzene rings is 1. The number of hydrogen-bond acceptors (Lipinski definition) is 3. The van der Waals surface area contributed by atoms with Gasteiger partial charge in [-0.25, -0.2) is 0 Å². The standard InChI is InChI=1S/C13H14ClF3N2O2/c1-12(6-18-7-12)21-5-10(20)19-11-8(13(15,16)17)3-2-4-9(11)14/h2-4,18H,5-7H2,1H3,(H,19,20). The van der Waals surface area contributed by atoms with Gasteiger partial charge in [0.05, 0.1) is 21.9 Å². The fourth-order valence-corrected chi connectivity index (χ4v) is 2.10. The van der Waals surface area contributed by atoms with E-state index in [1.165, 1.54) is 12.1 Å². The Balaban J connectivity index is 2.06. The molecule has 0 aliphatic carbocycles. The zero-order valence-electron chi connectivity index (χ0n) is 11.2. The number of ether oxygens (including phenoxy) is 1. The van der Waals surface area contributed by atoms with Crippen molar-refractivity contribution in [1.82, 2.24) is 5.32 Å². The molecule has 1 fully saturated rings. The van der Waals surface area contributed by atoms with Crippen molar-refractivity contribution in [2.75, 3.05) is 25.0 Å². The van der Waals surface area contributed by atoms with Gasteiger partial charge in [-0.05, 0) is 19.1 Å². The van der Waals surface area contributed by atoms with Gasteiger partial charge >= 0.3 is 6.18 Å². The van der Waals surface area contributed by atoms with E-state index in [0.717, 1.165) is 6.07 Å². The van der Waals surface area contributed by atoms with Gasteiger partial charge in [-0.1, -0.05) is 17.7 Å². The highest BCUT2D eigenvalue weighted by Crippen LogP contribution is 2.38. The molecular weight excluding hydrogens is 309 g/mol. The normalized spacial score (nSPS) is 17.2. The Kier molecular flexibility index (Phi) is 4.46. The van der Waals surface area contributed by atoms with Crippen LogP contribution in [0.25, 0.3) is 0 Å². The molecule has 0 atom stereocenters. The van der Waals surface area contributed by atoms with Crippen LogP contribution in [0.3, 0.4) is 0 Å². The Morgan fingerprint density at radius 1 is 1.48 bits per heavy atom. The number of nitrogens with one attached hydrogen (secondary N) is 2. The van der Waals surface area contributed by atoms with Gasteiger partial charge in [0, 0.05) is 13.1 Å². The minimum Gasteiger partial charge on any atom is -0.363 e. The maximum atomic E-state index is 12.9. The summed E-state index contributed by atoms with van der Waals surface area (Å²) in [6, 6.07) is 3.32. The van der Waals surface area contributed by atoms with Gasteiger partial charge in [-0.3, -0.25) is 4.79 Å². The van der Waals surface area contributed by atoms with Crippen molar-refractivity contribution in [1.29, 1.82) is 0 Å². The summed E-state index contributed by atoms with van der Waals surface area (Å²) >= 11 is 5.74. The number of hydrogen-bond donors (Lipinski definition) is 2. The molecule has 2 N–H and O–H groups in total. The molecule has 116 valence electrons. The van der Waals surface area contributed by atoms with Crippen molar-refractivity contribution >= 4 is 23.2 Å². The number of rotatable bonds is 4. The van der Waals surface area contributed by atoms with E-state index in [1.807, 2.05) is 6.92 Å². The van der Waals surface area contributed by atoms with Gasteiger partial charge in [0.15, 0.2) is 0 Å². The van der Waals surface area contributed by atoms with E-state index in [2.05, 4.69) is 10.6 Å². The summed E-state index contributed by atoms with van der Waals surface area (Å²) in [7, 11) is 0. The van der Waals surface area contributed by atoms with E-state index in [0.29, 0.717) is 13.1 Å². The lowest BCUT2D eigenvalue weighted by Crippen LogP contribution is -2.59. The number of amides is 1. The SMILES string of the molecule is CC1(OCC(=O)Nc2c(Cl)cccc2C(F)(F)F)CNC1. The third kappa shape index (κ3) is 3.87. The maximum absolute atomic E-state index is 12.9. The fourth-order valence-electron chi connectivity index (χ4n) is 1.88. The van der Waals surface area contributed by atoms with Crippen molar-refractivity contribution < 1.29 is 22.7 Å². The first-order chi connectivity index (χ1) is 9.71. The molecule has 0 radical (unpaired) electrons. The van der Waals surface area contributed by atoms with Crippen LogP contribution in [-0.4, -0.2) is 31.2 Å². The summed E-state index contributed by atoms with van der Waals surface area (Å²) in [6.45, 7) is 2.68. The highest BCUT2D eigenvalue weighted by molar-refractivity contribution is 6.34. The Bertz CT molecular complexity index is 545. The maximum Gasteiger partial charge on any atom is 0.418 e. The molecule has 4 nitrogen and oxygen atoms in total. The molecule has 1 saturated heterocycles. The minimum atomic E-state index is -4.60. The summed E-state index contributed by atoms with van der Waals surface area (Å²) in [4.78, 5) is 11.7. The van der Waals surface area contributed by atoms with E-state index in [9.17, 15) is 18.0 Å². The van der Waals surface area contributed by atoms with E-state index in [4.69, 9.17) is 16.3 Å². The molecule has 1 aromatic carbocycles. The molecule has 1 aliphatic heterocycles. The van der Waals surface area contributed by atoms with Crippen LogP contribution < -0.4 is 10.6 Å². The van der Waals surface area contributed by atoms with Crippen molar-refractivity contribution in [2.45, 2.75) is 18.7 Å². The molecule has 0 aromatic heterocycles. The topological polar surface area (TPSA) is 50.4 Å². The number of para-hydroxylation sites is 1. The summed E-state index contributed by atoms with van der Waals surface area (Å²) in [5, 5.41) is 4.98. The van der Waals surface area contributed by atoms with Gasteiger partial charge in [0.25, 0.3) is 0 Å². The van der Waals surface area contributed by atoms with Crippen molar-refractivity contribution in [3.05, 3.63) is 28.8 Å². The highest BCUT2D eigenvalue weighted by Gasteiger charge is 2.36. The van der Waals surface area contributed by atoms with Crippen molar-refractivity contribution in [3.8, 4) is 0 Å². The van der Waals surface area contributed by atoms with Crippen molar-refractivity contribution in [3.63, 3.8) is 0 Å². The molecule has 0 bridgehead atoms. The largest absolute Gasteiger partial charge is 0.418 e. The Labute approximate surface area is 124 Å². The number of anilines is 1. The van der Waals surface area contributed by atoms with Crippen LogP contribution in [0.5, 0.6) is 0 Å². The van der Waals surface area contributed by atoms with E-state index >= 15 is 0 Å². The second-order valence-electron chi connectivity index (χ2n) is 5.05. The molecule has 1 heterocycles. The van der Waals surface area contributed by atoms with Crippen LogP contribution >= 0.6 is 11.6 Å². The predicted octanol–water partition coefficient (Wildman–Crippen LogP) is 2.68. The van der Waals surface area contributed by atoms with Gasteiger partial charge in [0.2, 0.25) is 5.91 Å². The summed E-state index contributed by atoms with van der Waals surface area (Å²) in [5.74, 6) is -0.679. The van der Waals surface area contributed by atoms with Crippen LogP contribution in [-0.2, 0) is 15.7 Å². The summed E-state index contributed by atoms with van der Waals surface area (Å²) < 4.78 is 44.0. The molecule has 2 rings (SSSR count). The first-order valence-electron chi connectivity index (χ1n) is 6.21. The lowest BCUT2D eigenvalue weighted by Gasteiger charge is -2.38. The fraction of sp³-hybridized carbons (Fsp3) is 0.462. The minimum absolute atomic E-state index is 0.172. The first kappa shape index (κ1) is 16.1.